The summed E-state index contributed by atoms with van der Waals surface area (Å²) in [6.07, 6.45) is 3.67. The number of aryl methyl sites for hydroxylation is 1. The van der Waals surface area contributed by atoms with Crippen molar-refractivity contribution >= 4 is 29.0 Å². The van der Waals surface area contributed by atoms with Crippen LogP contribution in [0, 0.1) is 0 Å². The van der Waals surface area contributed by atoms with Crippen molar-refractivity contribution < 1.29 is 0 Å². The van der Waals surface area contributed by atoms with Crippen molar-refractivity contribution in [2.45, 2.75) is 13.5 Å². The van der Waals surface area contributed by atoms with E-state index in [1.165, 1.54) is 0 Å². The zero-order valence-corrected chi connectivity index (χ0v) is 14.3. The minimum atomic E-state index is 0.125. The van der Waals surface area contributed by atoms with E-state index in [2.05, 4.69) is 26.6 Å². The molecule has 0 radical (unpaired) electrons. The summed E-state index contributed by atoms with van der Waals surface area (Å²) in [5, 5.41) is 4.65. The largest absolute Gasteiger partial charge is 0.382 e. The van der Waals surface area contributed by atoms with Gasteiger partial charge in [-0.15, -0.1) is 0 Å². The van der Waals surface area contributed by atoms with Gasteiger partial charge in [0.15, 0.2) is 17.0 Å². The number of nitrogen functional groups attached to an aromatic ring is 2. The lowest BCUT2D eigenvalue weighted by atomic mass is 10.1. The molecule has 0 spiro atoms. The second-order valence-electron chi connectivity index (χ2n) is 5.77. The standard InChI is InChI=1S/C18H18N8/c1-3-11-5-7-12(8-6-11)13-9-10-26(24-13)18-21-14-15(19)22-17(20)23-16(14)25(18)4-2/h3,5-10H,1,4H2,2H3,(H4,19,20,22,23). The van der Waals surface area contributed by atoms with E-state index < -0.39 is 0 Å². The fraction of sp³-hybridized carbons (Fsp3) is 0.111. The Bertz CT molecular complexity index is 1100. The van der Waals surface area contributed by atoms with Gasteiger partial charge in [-0.2, -0.15) is 15.1 Å². The van der Waals surface area contributed by atoms with Gasteiger partial charge >= 0.3 is 0 Å². The lowest BCUT2D eigenvalue weighted by Crippen LogP contribution is -2.07. The minimum absolute atomic E-state index is 0.125. The Morgan fingerprint density at radius 2 is 1.85 bits per heavy atom. The van der Waals surface area contributed by atoms with Crippen LogP contribution in [0.3, 0.4) is 0 Å². The van der Waals surface area contributed by atoms with Crippen molar-refractivity contribution in [3.05, 3.63) is 48.7 Å². The molecule has 1 aromatic carbocycles. The first-order chi connectivity index (χ1) is 12.6. The molecule has 4 N–H and O–H groups in total. The lowest BCUT2D eigenvalue weighted by molar-refractivity contribution is 0.698. The highest BCUT2D eigenvalue weighted by Gasteiger charge is 2.17. The van der Waals surface area contributed by atoms with Gasteiger partial charge < -0.3 is 11.5 Å². The fourth-order valence-electron chi connectivity index (χ4n) is 2.87. The van der Waals surface area contributed by atoms with E-state index in [-0.39, 0.29) is 11.8 Å². The minimum Gasteiger partial charge on any atom is -0.382 e. The quantitative estimate of drug-likeness (QED) is 0.587. The van der Waals surface area contributed by atoms with E-state index in [1.807, 2.05) is 54.1 Å². The van der Waals surface area contributed by atoms with Gasteiger partial charge in [-0.3, -0.25) is 4.57 Å². The van der Waals surface area contributed by atoms with Crippen LogP contribution < -0.4 is 11.5 Å². The Morgan fingerprint density at radius 1 is 1.08 bits per heavy atom. The van der Waals surface area contributed by atoms with Gasteiger partial charge in [0.05, 0.1) is 5.69 Å². The molecular formula is C18H18N8. The third-order valence-corrected chi connectivity index (χ3v) is 4.17. The van der Waals surface area contributed by atoms with Crippen LogP contribution in [0.2, 0.25) is 0 Å². The van der Waals surface area contributed by atoms with Crippen LogP contribution in [0.4, 0.5) is 11.8 Å². The van der Waals surface area contributed by atoms with Crippen LogP contribution in [-0.2, 0) is 6.54 Å². The summed E-state index contributed by atoms with van der Waals surface area (Å²) in [5.74, 6) is 0.996. The summed E-state index contributed by atoms with van der Waals surface area (Å²) in [6.45, 7) is 6.41. The SMILES string of the molecule is C=Cc1ccc(-c2ccn(-c3nc4c(N)nc(N)nc4n3CC)n2)cc1. The molecule has 0 fully saturated rings. The van der Waals surface area contributed by atoms with E-state index in [0.29, 0.717) is 23.7 Å². The number of imidazole rings is 1. The summed E-state index contributed by atoms with van der Waals surface area (Å²) >= 11 is 0. The van der Waals surface area contributed by atoms with Crippen LogP contribution >= 0.6 is 0 Å². The summed E-state index contributed by atoms with van der Waals surface area (Å²) in [4.78, 5) is 12.8. The molecule has 0 amide bonds. The predicted molar refractivity (Wildman–Crippen MR) is 102 cm³/mol. The van der Waals surface area contributed by atoms with Gasteiger partial charge in [0.2, 0.25) is 11.9 Å². The number of rotatable bonds is 4. The molecular weight excluding hydrogens is 328 g/mol. The number of hydrogen-bond acceptors (Lipinski definition) is 6. The summed E-state index contributed by atoms with van der Waals surface area (Å²) in [7, 11) is 0. The van der Waals surface area contributed by atoms with Crippen molar-refractivity contribution in [1.82, 2.24) is 29.3 Å². The summed E-state index contributed by atoms with van der Waals surface area (Å²) < 4.78 is 3.61. The molecule has 8 nitrogen and oxygen atoms in total. The number of nitrogens with two attached hydrogens (primary N) is 2. The number of hydrogen-bond donors (Lipinski definition) is 2. The number of aromatic nitrogens is 6. The molecule has 0 unspecified atom stereocenters. The van der Waals surface area contributed by atoms with Gasteiger partial charge in [-0.05, 0) is 18.6 Å². The lowest BCUT2D eigenvalue weighted by Gasteiger charge is -2.05. The smallest absolute Gasteiger partial charge is 0.233 e. The molecule has 0 saturated carbocycles. The van der Waals surface area contributed by atoms with Crippen LogP contribution in [0.5, 0.6) is 0 Å². The topological polar surface area (TPSA) is 113 Å². The maximum Gasteiger partial charge on any atom is 0.233 e. The van der Waals surface area contributed by atoms with Gasteiger partial charge in [0.25, 0.3) is 0 Å². The van der Waals surface area contributed by atoms with E-state index in [9.17, 15) is 0 Å². The molecule has 0 saturated heterocycles. The van der Waals surface area contributed by atoms with Crippen LogP contribution in [0.25, 0.3) is 34.4 Å². The van der Waals surface area contributed by atoms with Crippen LogP contribution in [0.15, 0.2) is 43.1 Å². The highest BCUT2D eigenvalue weighted by Crippen LogP contribution is 2.24. The van der Waals surface area contributed by atoms with Crippen molar-refractivity contribution in [3.63, 3.8) is 0 Å². The first-order valence-corrected chi connectivity index (χ1v) is 8.19. The van der Waals surface area contributed by atoms with Crippen LogP contribution in [0.1, 0.15) is 12.5 Å². The van der Waals surface area contributed by atoms with Crippen molar-refractivity contribution in [1.29, 1.82) is 0 Å². The molecule has 0 aliphatic rings. The van der Waals surface area contributed by atoms with E-state index >= 15 is 0 Å². The van der Waals surface area contributed by atoms with E-state index in [1.54, 1.807) is 4.68 Å². The Labute approximate surface area is 149 Å². The monoisotopic (exact) mass is 346 g/mol. The van der Waals surface area contributed by atoms with Gasteiger partial charge in [0.1, 0.15) is 0 Å². The van der Waals surface area contributed by atoms with E-state index in [4.69, 9.17) is 11.5 Å². The maximum absolute atomic E-state index is 5.95. The fourth-order valence-corrected chi connectivity index (χ4v) is 2.87. The molecule has 0 aliphatic heterocycles. The second-order valence-corrected chi connectivity index (χ2v) is 5.77. The third kappa shape index (κ3) is 2.48. The maximum atomic E-state index is 5.95. The van der Waals surface area contributed by atoms with Crippen molar-refractivity contribution in [2.24, 2.45) is 0 Å². The highest BCUT2D eigenvalue weighted by molar-refractivity contribution is 5.84. The molecule has 130 valence electrons. The number of benzene rings is 1. The normalized spacial score (nSPS) is 11.1. The predicted octanol–water partition coefficient (Wildman–Crippen LogP) is 2.51. The first-order valence-electron chi connectivity index (χ1n) is 8.19. The molecule has 0 bridgehead atoms. The molecule has 8 heteroatoms. The van der Waals surface area contributed by atoms with Gasteiger partial charge in [-0.25, -0.2) is 9.67 Å². The Kier molecular flexibility index (Phi) is 3.65. The third-order valence-electron chi connectivity index (χ3n) is 4.17. The van der Waals surface area contributed by atoms with Crippen molar-refractivity contribution in [3.8, 4) is 17.2 Å². The zero-order chi connectivity index (χ0) is 18.3. The molecule has 4 aromatic rings. The molecule has 3 heterocycles. The number of anilines is 2. The number of fused-ring (bicyclic) bond motifs is 1. The summed E-state index contributed by atoms with van der Waals surface area (Å²) in [5.41, 5.74) is 15.7. The number of nitrogens with zero attached hydrogens (tertiary/aromatic N) is 6. The first kappa shape index (κ1) is 15.8. The van der Waals surface area contributed by atoms with Crippen LogP contribution in [-0.4, -0.2) is 29.3 Å². The average molecular weight is 346 g/mol. The molecule has 0 aliphatic carbocycles. The molecule has 0 atom stereocenters. The Balaban J connectivity index is 1.82. The highest BCUT2D eigenvalue weighted by atomic mass is 15.4. The zero-order valence-electron chi connectivity index (χ0n) is 14.3. The second kappa shape index (κ2) is 5.99. The van der Waals surface area contributed by atoms with Crippen molar-refractivity contribution in [2.75, 3.05) is 11.5 Å². The molecule has 3 aromatic heterocycles. The van der Waals surface area contributed by atoms with Gasteiger partial charge in [-0.1, -0.05) is 36.9 Å². The molecule has 4 rings (SSSR count). The summed E-state index contributed by atoms with van der Waals surface area (Å²) in [6, 6.07) is 9.96. The average Bonchev–Trinajstić information content (AvgIpc) is 3.26. The molecule has 26 heavy (non-hydrogen) atoms. The van der Waals surface area contributed by atoms with E-state index in [0.717, 1.165) is 16.8 Å². The van der Waals surface area contributed by atoms with Gasteiger partial charge in [0, 0.05) is 18.3 Å². The Morgan fingerprint density at radius 3 is 2.54 bits per heavy atom. The Hall–Kier alpha value is -3.68.